The van der Waals surface area contributed by atoms with Crippen LogP contribution in [0.3, 0.4) is 0 Å². The van der Waals surface area contributed by atoms with Crippen molar-refractivity contribution < 1.29 is 24.6 Å². The van der Waals surface area contributed by atoms with Gasteiger partial charge >= 0.3 is 11.9 Å². The van der Waals surface area contributed by atoms with Crippen molar-refractivity contribution in [1.29, 1.82) is 0 Å². The molecule has 3 heterocycles. The molecule has 0 aliphatic carbocycles. The second-order valence-corrected chi connectivity index (χ2v) is 6.08. The van der Waals surface area contributed by atoms with Gasteiger partial charge in [-0.05, 0) is 18.9 Å². The van der Waals surface area contributed by atoms with Crippen molar-refractivity contribution in [1.82, 2.24) is 25.3 Å². The number of carboxylic acid groups (broad SMARTS) is 2. The summed E-state index contributed by atoms with van der Waals surface area (Å²) in [6.45, 7) is 5.10. The summed E-state index contributed by atoms with van der Waals surface area (Å²) in [5.41, 5.74) is 1.50. The van der Waals surface area contributed by atoms with E-state index < -0.39 is 11.9 Å². The molecule has 3 rings (SSSR count). The van der Waals surface area contributed by atoms with Gasteiger partial charge in [-0.1, -0.05) is 6.58 Å². The van der Waals surface area contributed by atoms with Gasteiger partial charge in [0.2, 0.25) is 5.91 Å². The molecule has 0 radical (unpaired) electrons. The number of rotatable bonds is 6. The van der Waals surface area contributed by atoms with E-state index in [1.807, 2.05) is 0 Å². The third-order valence-electron chi connectivity index (χ3n) is 4.00. The monoisotopic (exact) mass is 390 g/mol. The molecule has 4 N–H and O–H groups in total. The number of carboxylic acids is 2. The molecule has 0 bridgehead atoms. The van der Waals surface area contributed by atoms with Crippen molar-refractivity contribution in [3.05, 3.63) is 25.3 Å². The van der Waals surface area contributed by atoms with Crippen molar-refractivity contribution in [2.45, 2.75) is 31.7 Å². The molecule has 1 aliphatic rings. The number of aromatic amines is 1. The van der Waals surface area contributed by atoms with E-state index in [-0.39, 0.29) is 24.8 Å². The minimum Gasteiger partial charge on any atom is -0.481 e. The number of H-pyrrole nitrogens is 1. The number of hydrogen-bond donors (Lipinski definition) is 4. The van der Waals surface area contributed by atoms with Crippen LogP contribution in [-0.2, 0) is 14.4 Å². The Morgan fingerprint density at radius 2 is 1.96 bits per heavy atom. The third-order valence-corrected chi connectivity index (χ3v) is 4.00. The van der Waals surface area contributed by atoms with Crippen LogP contribution in [0, 0.1) is 0 Å². The van der Waals surface area contributed by atoms with Gasteiger partial charge in [-0.15, -0.1) is 0 Å². The number of amides is 1. The highest BCUT2D eigenvalue weighted by molar-refractivity contribution is 5.87. The quantitative estimate of drug-likeness (QED) is 0.516. The lowest BCUT2D eigenvalue weighted by Crippen LogP contribution is -2.47. The Kier molecular flexibility index (Phi) is 7.43. The number of fused-ring (bicyclic) bond motifs is 1. The summed E-state index contributed by atoms with van der Waals surface area (Å²) in [5, 5.41) is 18.7. The molecule has 1 atom stereocenters. The summed E-state index contributed by atoms with van der Waals surface area (Å²) in [5.74, 6) is -1.47. The van der Waals surface area contributed by atoms with Crippen molar-refractivity contribution in [3.63, 3.8) is 0 Å². The molecule has 1 fully saturated rings. The van der Waals surface area contributed by atoms with Crippen molar-refractivity contribution >= 4 is 34.8 Å². The van der Waals surface area contributed by atoms with E-state index in [2.05, 4.69) is 36.7 Å². The zero-order valence-electron chi connectivity index (χ0n) is 15.2. The number of aromatic nitrogens is 4. The molecule has 2 aromatic rings. The zero-order chi connectivity index (χ0) is 20.5. The maximum Gasteiger partial charge on any atom is 0.303 e. The average molecular weight is 390 g/mol. The fraction of sp³-hybridized carbons (Fsp3) is 0.412. The number of hydrogen-bond acceptors (Lipinski definition) is 7. The first-order valence-electron chi connectivity index (χ1n) is 8.66. The Hall–Kier alpha value is -3.50. The first-order chi connectivity index (χ1) is 13.4. The van der Waals surface area contributed by atoms with Crippen LogP contribution in [0.4, 0.5) is 5.82 Å². The van der Waals surface area contributed by atoms with Gasteiger partial charge in [-0.2, -0.15) is 0 Å². The molecule has 1 amide bonds. The highest BCUT2D eigenvalue weighted by Gasteiger charge is 2.23. The topological polar surface area (TPSA) is 161 Å². The number of piperidine rings is 1. The molecule has 28 heavy (non-hydrogen) atoms. The van der Waals surface area contributed by atoms with E-state index in [9.17, 15) is 14.4 Å². The molecule has 1 saturated heterocycles. The van der Waals surface area contributed by atoms with E-state index in [4.69, 9.17) is 10.2 Å². The maximum absolute atomic E-state index is 11.4. The number of imidazole rings is 1. The number of carbonyl (C=O) groups excluding carboxylic acids is 1. The summed E-state index contributed by atoms with van der Waals surface area (Å²) in [7, 11) is 0. The lowest BCUT2D eigenvalue weighted by Gasteiger charge is -2.33. The van der Waals surface area contributed by atoms with E-state index in [0.29, 0.717) is 0 Å². The maximum atomic E-state index is 11.4. The van der Waals surface area contributed by atoms with E-state index in [1.54, 1.807) is 6.33 Å². The first kappa shape index (κ1) is 20.8. The lowest BCUT2D eigenvalue weighted by molar-refractivity contribution is -0.143. The Morgan fingerprint density at radius 3 is 2.61 bits per heavy atom. The zero-order valence-corrected chi connectivity index (χ0v) is 15.2. The second kappa shape index (κ2) is 10.00. The minimum atomic E-state index is -1.08. The van der Waals surface area contributed by atoms with E-state index in [0.717, 1.165) is 42.9 Å². The molecular weight excluding hydrogens is 368 g/mol. The lowest BCUT2D eigenvalue weighted by atomic mass is 10.1. The van der Waals surface area contributed by atoms with Crippen LogP contribution >= 0.6 is 0 Å². The molecular formula is C17H22N6O5. The Labute approximate surface area is 160 Å². The van der Waals surface area contributed by atoms with E-state index >= 15 is 0 Å². The van der Waals surface area contributed by atoms with Crippen LogP contribution in [0.15, 0.2) is 25.3 Å². The number of anilines is 1. The van der Waals surface area contributed by atoms with Crippen molar-refractivity contribution in [2.75, 3.05) is 18.0 Å². The first-order valence-corrected chi connectivity index (χ1v) is 8.66. The van der Waals surface area contributed by atoms with Crippen LogP contribution in [0.1, 0.15) is 25.7 Å². The molecule has 0 saturated carbocycles. The van der Waals surface area contributed by atoms with E-state index in [1.165, 1.54) is 12.4 Å². The predicted octanol–water partition coefficient (Wildman–Crippen LogP) is 0.560. The molecule has 150 valence electrons. The second-order valence-electron chi connectivity index (χ2n) is 6.08. The SMILES string of the molecule is C=CC(=O)N[C@@H]1CCCN(c2ncnc3[nH]cnc23)C1.O=C(O)CCC(=O)O. The molecule has 1 aliphatic heterocycles. The van der Waals surface area contributed by atoms with Gasteiger partial charge < -0.3 is 25.4 Å². The fourth-order valence-electron chi connectivity index (χ4n) is 2.74. The Bertz CT molecular complexity index is 837. The highest BCUT2D eigenvalue weighted by atomic mass is 16.4. The van der Waals surface area contributed by atoms with Crippen LogP contribution in [0.25, 0.3) is 11.2 Å². The van der Waals surface area contributed by atoms with Crippen molar-refractivity contribution in [3.8, 4) is 0 Å². The largest absolute Gasteiger partial charge is 0.481 e. The van der Waals surface area contributed by atoms with Gasteiger partial charge in [0.1, 0.15) is 11.8 Å². The van der Waals surface area contributed by atoms with Crippen molar-refractivity contribution in [2.24, 2.45) is 0 Å². The van der Waals surface area contributed by atoms with Crippen LogP contribution in [0.2, 0.25) is 0 Å². The highest BCUT2D eigenvalue weighted by Crippen LogP contribution is 2.23. The third kappa shape index (κ3) is 6.04. The summed E-state index contributed by atoms with van der Waals surface area (Å²) in [4.78, 5) is 48.6. The molecule has 2 aromatic heterocycles. The Morgan fingerprint density at radius 1 is 1.25 bits per heavy atom. The number of aliphatic carboxylic acids is 2. The summed E-state index contributed by atoms with van der Waals surface area (Å²) in [6.07, 6.45) is 5.81. The summed E-state index contributed by atoms with van der Waals surface area (Å²) < 4.78 is 0. The van der Waals surface area contributed by atoms with Gasteiger partial charge in [0.25, 0.3) is 0 Å². The summed E-state index contributed by atoms with van der Waals surface area (Å²) >= 11 is 0. The molecule has 11 heteroatoms. The average Bonchev–Trinajstić information content (AvgIpc) is 3.16. The van der Waals surface area contributed by atoms with Gasteiger partial charge in [-0.3, -0.25) is 14.4 Å². The standard InChI is InChI=1S/C13H16N6O.C4H6O4/c1-2-10(20)18-9-4-3-5-19(6-9)13-11-12(15-7-14-11)16-8-17-13;5-3(6)1-2-4(7)8/h2,7-9H,1,3-6H2,(H,18,20)(H,14,15,16,17);1-2H2,(H,5,6)(H,7,8)/t9-;/m1./s1. The normalized spacial score (nSPS) is 16.0. The van der Waals surface area contributed by atoms with Gasteiger partial charge in [0.05, 0.1) is 19.2 Å². The number of nitrogens with one attached hydrogen (secondary N) is 2. The summed E-state index contributed by atoms with van der Waals surface area (Å²) in [6, 6.07) is 0.109. The van der Waals surface area contributed by atoms with Gasteiger partial charge in [-0.25, -0.2) is 15.0 Å². The predicted molar refractivity (Wildman–Crippen MR) is 99.8 cm³/mol. The molecule has 0 spiro atoms. The minimum absolute atomic E-state index is 0.109. The van der Waals surface area contributed by atoms with Gasteiger partial charge in [0, 0.05) is 19.1 Å². The van der Waals surface area contributed by atoms with Gasteiger partial charge in [0.15, 0.2) is 11.5 Å². The van der Waals surface area contributed by atoms with Crippen LogP contribution in [-0.4, -0.2) is 67.1 Å². The fourth-order valence-corrected chi connectivity index (χ4v) is 2.74. The smallest absolute Gasteiger partial charge is 0.303 e. The molecule has 0 aromatic carbocycles. The number of carbonyl (C=O) groups is 3. The molecule has 0 unspecified atom stereocenters. The van der Waals surface area contributed by atoms with Crippen LogP contribution < -0.4 is 10.2 Å². The van der Waals surface area contributed by atoms with Crippen LogP contribution in [0.5, 0.6) is 0 Å². The number of nitrogens with zero attached hydrogens (tertiary/aromatic N) is 4. The molecule has 11 nitrogen and oxygen atoms in total. The Balaban J connectivity index is 0.000000300.